The van der Waals surface area contributed by atoms with E-state index in [0.717, 1.165) is 21.1 Å². The number of aryl methyl sites for hydroxylation is 2. The summed E-state index contributed by atoms with van der Waals surface area (Å²) in [4.78, 5) is 18.2. The zero-order valence-corrected chi connectivity index (χ0v) is 16.6. The molecule has 5 nitrogen and oxygen atoms in total. The Bertz CT molecular complexity index is 949. The molecule has 1 aromatic heterocycles. The second kappa shape index (κ2) is 8.22. The first-order chi connectivity index (χ1) is 13.0. The molecule has 0 aliphatic heterocycles. The number of rotatable bonds is 6. The molecular weight excluding hydrogens is 360 g/mol. The molecule has 3 aromatic rings. The molecule has 0 aliphatic rings. The number of nitrogens with one attached hydrogen (secondary N) is 1. The maximum absolute atomic E-state index is 12.7. The van der Waals surface area contributed by atoms with Crippen molar-refractivity contribution in [3.8, 4) is 22.8 Å². The molecule has 0 aliphatic carbocycles. The van der Waals surface area contributed by atoms with Gasteiger partial charge in [0.05, 0.1) is 37.0 Å². The van der Waals surface area contributed by atoms with Crippen LogP contribution in [0, 0.1) is 13.8 Å². The van der Waals surface area contributed by atoms with Gasteiger partial charge in [-0.1, -0.05) is 29.8 Å². The van der Waals surface area contributed by atoms with Gasteiger partial charge in [-0.15, -0.1) is 11.3 Å². The van der Waals surface area contributed by atoms with Gasteiger partial charge in [0.25, 0.3) is 0 Å². The van der Waals surface area contributed by atoms with Crippen LogP contribution in [0.2, 0.25) is 0 Å². The largest absolute Gasteiger partial charge is 0.497 e. The average molecular weight is 382 g/mol. The number of carbonyl (C=O) groups is 1. The Kier molecular flexibility index (Phi) is 5.76. The molecule has 27 heavy (non-hydrogen) atoms. The fraction of sp³-hybridized carbons (Fsp3) is 0.238. The van der Waals surface area contributed by atoms with Crippen LogP contribution in [-0.2, 0) is 11.2 Å². The van der Waals surface area contributed by atoms with E-state index in [9.17, 15) is 4.79 Å². The van der Waals surface area contributed by atoms with Gasteiger partial charge in [-0.25, -0.2) is 4.98 Å². The van der Waals surface area contributed by atoms with Crippen LogP contribution in [-0.4, -0.2) is 25.1 Å². The van der Waals surface area contributed by atoms with Gasteiger partial charge in [0.2, 0.25) is 5.91 Å². The van der Waals surface area contributed by atoms with E-state index in [0.29, 0.717) is 17.2 Å². The molecule has 2 aromatic carbocycles. The second-order valence-electron chi connectivity index (χ2n) is 6.16. The molecule has 6 heteroatoms. The Hall–Kier alpha value is -2.86. The molecule has 0 saturated carbocycles. The molecule has 0 spiro atoms. The van der Waals surface area contributed by atoms with Gasteiger partial charge < -0.3 is 14.8 Å². The van der Waals surface area contributed by atoms with Crippen molar-refractivity contribution in [3.63, 3.8) is 0 Å². The molecule has 1 heterocycles. The van der Waals surface area contributed by atoms with Crippen LogP contribution in [0.4, 0.5) is 5.69 Å². The minimum atomic E-state index is -0.126. The van der Waals surface area contributed by atoms with E-state index in [1.807, 2.05) is 26.0 Å². The van der Waals surface area contributed by atoms with Gasteiger partial charge >= 0.3 is 0 Å². The fourth-order valence-electron chi connectivity index (χ4n) is 2.78. The number of anilines is 1. The number of benzene rings is 2. The van der Waals surface area contributed by atoms with Crippen LogP contribution in [0.25, 0.3) is 11.3 Å². The molecule has 0 unspecified atom stereocenters. The number of nitrogens with zero attached hydrogens (tertiary/aromatic N) is 1. The standard InChI is InChI=1S/C21H22N2O3S/c1-13-5-7-15(8-6-13)21-19(27-14(2)22-21)12-20(24)23-17-11-16(25-3)9-10-18(17)26-4/h5-11H,12H2,1-4H3,(H,23,24). The summed E-state index contributed by atoms with van der Waals surface area (Å²) in [6, 6.07) is 13.5. The highest BCUT2D eigenvalue weighted by atomic mass is 32.1. The first-order valence-corrected chi connectivity index (χ1v) is 9.37. The van der Waals surface area contributed by atoms with Crippen molar-refractivity contribution in [2.45, 2.75) is 20.3 Å². The normalized spacial score (nSPS) is 10.5. The Morgan fingerprint density at radius 2 is 1.81 bits per heavy atom. The minimum absolute atomic E-state index is 0.126. The smallest absolute Gasteiger partial charge is 0.229 e. The highest BCUT2D eigenvalue weighted by molar-refractivity contribution is 7.12. The summed E-state index contributed by atoms with van der Waals surface area (Å²) in [5.41, 5.74) is 3.66. The summed E-state index contributed by atoms with van der Waals surface area (Å²) in [6.07, 6.45) is 0.245. The maximum atomic E-state index is 12.7. The lowest BCUT2D eigenvalue weighted by molar-refractivity contribution is -0.115. The van der Waals surface area contributed by atoms with Gasteiger partial charge in [-0.05, 0) is 26.0 Å². The topological polar surface area (TPSA) is 60.5 Å². The second-order valence-corrected chi connectivity index (χ2v) is 7.45. The van der Waals surface area contributed by atoms with Crippen molar-refractivity contribution in [2.24, 2.45) is 0 Å². The third kappa shape index (κ3) is 4.46. The quantitative estimate of drug-likeness (QED) is 0.675. The molecule has 0 fully saturated rings. The Labute approximate surface area is 163 Å². The van der Waals surface area contributed by atoms with Crippen molar-refractivity contribution in [3.05, 3.63) is 57.9 Å². The van der Waals surface area contributed by atoms with Gasteiger partial charge in [-0.2, -0.15) is 0 Å². The first-order valence-electron chi connectivity index (χ1n) is 8.55. The molecule has 140 valence electrons. The molecule has 0 saturated heterocycles. The third-order valence-corrected chi connectivity index (χ3v) is 5.10. The number of hydrogen-bond donors (Lipinski definition) is 1. The number of hydrogen-bond acceptors (Lipinski definition) is 5. The van der Waals surface area contributed by atoms with Crippen LogP contribution in [0.5, 0.6) is 11.5 Å². The van der Waals surface area contributed by atoms with E-state index in [1.54, 1.807) is 43.8 Å². The number of amides is 1. The Morgan fingerprint density at radius 3 is 2.48 bits per heavy atom. The Morgan fingerprint density at radius 1 is 1.07 bits per heavy atom. The van der Waals surface area contributed by atoms with E-state index in [2.05, 4.69) is 22.4 Å². The number of aromatic nitrogens is 1. The van der Waals surface area contributed by atoms with Gasteiger partial charge in [0.15, 0.2) is 0 Å². The van der Waals surface area contributed by atoms with E-state index in [1.165, 1.54) is 5.56 Å². The number of methoxy groups -OCH3 is 2. The van der Waals surface area contributed by atoms with Crippen molar-refractivity contribution in [1.82, 2.24) is 4.98 Å². The molecule has 0 bridgehead atoms. The SMILES string of the molecule is COc1ccc(OC)c(NC(=O)Cc2sc(C)nc2-c2ccc(C)cc2)c1. The van der Waals surface area contributed by atoms with Gasteiger partial charge in [-0.3, -0.25) is 4.79 Å². The lowest BCUT2D eigenvalue weighted by atomic mass is 10.1. The molecule has 0 atom stereocenters. The van der Waals surface area contributed by atoms with Crippen LogP contribution >= 0.6 is 11.3 Å². The van der Waals surface area contributed by atoms with E-state index in [4.69, 9.17) is 9.47 Å². The summed E-state index contributed by atoms with van der Waals surface area (Å²) >= 11 is 1.54. The number of thiazole rings is 1. The molecule has 3 rings (SSSR count). The van der Waals surface area contributed by atoms with Crippen molar-refractivity contribution in [2.75, 3.05) is 19.5 Å². The van der Waals surface area contributed by atoms with Crippen molar-refractivity contribution < 1.29 is 14.3 Å². The van der Waals surface area contributed by atoms with Crippen molar-refractivity contribution in [1.29, 1.82) is 0 Å². The first kappa shape index (κ1) is 18.9. The Balaban J connectivity index is 1.82. The molecular formula is C21H22N2O3S. The summed E-state index contributed by atoms with van der Waals surface area (Å²) in [5.74, 6) is 1.11. The highest BCUT2D eigenvalue weighted by Gasteiger charge is 2.16. The van der Waals surface area contributed by atoms with E-state index < -0.39 is 0 Å². The summed E-state index contributed by atoms with van der Waals surface area (Å²) in [5, 5.41) is 3.85. The minimum Gasteiger partial charge on any atom is -0.497 e. The van der Waals surface area contributed by atoms with E-state index in [-0.39, 0.29) is 12.3 Å². The van der Waals surface area contributed by atoms with E-state index >= 15 is 0 Å². The van der Waals surface area contributed by atoms with Crippen molar-refractivity contribution >= 4 is 22.9 Å². The zero-order chi connectivity index (χ0) is 19.4. The molecule has 1 amide bonds. The summed E-state index contributed by atoms with van der Waals surface area (Å²) < 4.78 is 10.6. The third-order valence-electron chi connectivity index (χ3n) is 4.13. The maximum Gasteiger partial charge on any atom is 0.229 e. The molecule has 1 N–H and O–H groups in total. The zero-order valence-electron chi connectivity index (χ0n) is 15.8. The fourth-order valence-corrected chi connectivity index (χ4v) is 3.73. The van der Waals surface area contributed by atoms with Gasteiger partial charge in [0.1, 0.15) is 11.5 Å². The summed E-state index contributed by atoms with van der Waals surface area (Å²) in [6.45, 7) is 4.00. The monoisotopic (exact) mass is 382 g/mol. The van der Waals surface area contributed by atoms with Crippen LogP contribution < -0.4 is 14.8 Å². The van der Waals surface area contributed by atoms with Crippen LogP contribution in [0.15, 0.2) is 42.5 Å². The lowest BCUT2D eigenvalue weighted by Crippen LogP contribution is -2.15. The summed E-state index contributed by atoms with van der Waals surface area (Å²) in [7, 11) is 3.15. The van der Waals surface area contributed by atoms with Crippen LogP contribution in [0.3, 0.4) is 0 Å². The van der Waals surface area contributed by atoms with Gasteiger partial charge in [0, 0.05) is 16.5 Å². The predicted octanol–water partition coefficient (Wildman–Crippen LogP) is 4.63. The molecule has 0 radical (unpaired) electrons. The number of carbonyl (C=O) groups excluding carboxylic acids is 1. The lowest BCUT2D eigenvalue weighted by Gasteiger charge is -2.11. The number of ether oxygens (including phenoxy) is 2. The van der Waals surface area contributed by atoms with Crippen LogP contribution in [0.1, 0.15) is 15.4 Å². The highest BCUT2D eigenvalue weighted by Crippen LogP contribution is 2.31. The predicted molar refractivity (Wildman–Crippen MR) is 109 cm³/mol. The average Bonchev–Trinajstić information content (AvgIpc) is 3.02.